The highest BCUT2D eigenvalue weighted by Gasteiger charge is 2.06. The van der Waals surface area contributed by atoms with Crippen LogP contribution in [0.1, 0.15) is 12.8 Å². The molecule has 7 heavy (non-hydrogen) atoms. The molecule has 2 heteroatoms. The number of aliphatic hydroxyl groups is 1. The van der Waals surface area contributed by atoms with Crippen molar-refractivity contribution in [2.24, 2.45) is 0 Å². The van der Waals surface area contributed by atoms with Crippen molar-refractivity contribution in [3.8, 4) is 0 Å². The van der Waals surface area contributed by atoms with Crippen LogP contribution in [0.15, 0.2) is 0 Å². The topological polar surface area (TPSA) is 32.3 Å². The van der Waals surface area contributed by atoms with Gasteiger partial charge in [0.2, 0.25) is 0 Å². The highest BCUT2D eigenvalue weighted by molar-refractivity contribution is 4.78. The van der Waals surface area contributed by atoms with Gasteiger partial charge in [-0.2, -0.15) is 0 Å². The third-order valence-electron chi connectivity index (χ3n) is 1.12. The molecule has 1 rings (SSSR count). The van der Waals surface area contributed by atoms with Crippen LogP contribution in [0, 0.1) is 6.42 Å². The summed E-state index contributed by atoms with van der Waals surface area (Å²) in [5.41, 5.74) is 0. The van der Waals surface area contributed by atoms with Gasteiger partial charge in [0.15, 0.2) is 0 Å². The van der Waals surface area contributed by atoms with E-state index in [0.29, 0.717) is 0 Å². The van der Waals surface area contributed by atoms with Crippen molar-refractivity contribution >= 4 is 0 Å². The average molecular weight is 100 g/mol. The van der Waals surface area contributed by atoms with Crippen molar-refractivity contribution in [1.82, 2.24) is 5.32 Å². The highest BCUT2D eigenvalue weighted by atomic mass is 16.3. The molecule has 0 amide bonds. The lowest BCUT2D eigenvalue weighted by Crippen LogP contribution is -2.33. The van der Waals surface area contributed by atoms with Crippen LogP contribution >= 0.6 is 0 Å². The summed E-state index contributed by atoms with van der Waals surface area (Å²) >= 11 is 0. The molecular formula is C5H10NO. The first-order chi connectivity index (χ1) is 3.39. The SMILES string of the molecule is OC1[CH]CCCN1. The molecule has 0 spiro atoms. The van der Waals surface area contributed by atoms with Gasteiger partial charge >= 0.3 is 0 Å². The van der Waals surface area contributed by atoms with E-state index in [4.69, 9.17) is 5.11 Å². The molecule has 1 unspecified atom stereocenters. The summed E-state index contributed by atoms with van der Waals surface area (Å²) in [6.45, 7) is 0.956. The van der Waals surface area contributed by atoms with E-state index in [1.54, 1.807) is 0 Å². The number of hydrogen-bond acceptors (Lipinski definition) is 2. The Kier molecular flexibility index (Phi) is 1.65. The number of aliphatic hydroxyl groups excluding tert-OH is 1. The first-order valence-corrected chi connectivity index (χ1v) is 2.64. The number of rotatable bonds is 0. The van der Waals surface area contributed by atoms with E-state index in [2.05, 4.69) is 5.32 Å². The summed E-state index contributed by atoms with van der Waals surface area (Å²) in [5.74, 6) is 0. The molecule has 1 atom stereocenters. The molecule has 0 aromatic heterocycles. The molecule has 0 aromatic carbocycles. The quantitative estimate of drug-likeness (QED) is 0.445. The molecule has 1 heterocycles. The summed E-state index contributed by atoms with van der Waals surface area (Å²) in [6.07, 6.45) is 3.75. The highest BCUT2D eigenvalue weighted by Crippen LogP contribution is 2.01. The van der Waals surface area contributed by atoms with Crippen LogP contribution in [0.3, 0.4) is 0 Å². The first-order valence-electron chi connectivity index (χ1n) is 2.64. The van der Waals surface area contributed by atoms with Gasteiger partial charge in [0, 0.05) is 6.42 Å². The van der Waals surface area contributed by atoms with Crippen molar-refractivity contribution < 1.29 is 5.11 Å². The zero-order valence-electron chi connectivity index (χ0n) is 4.22. The van der Waals surface area contributed by atoms with Gasteiger partial charge in [-0.25, -0.2) is 0 Å². The molecule has 2 N–H and O–H groups in total. The second-order valence-electron chi connectivity index (χ2n) is 1.78. The summed E-state index contributed by atoms with van der Waals surface area (Å²) in [6, 6.07) is 0. The van der Waals surface area contributed by atoms with E-state index in [9.17, 15) is 0 Å². The fraction of sp³-hybridized carbons (Fsp3) is 0.800. The molecule has 0 aromatic rings. The van der Waals surface area contributed by atoms with Crippen molar-refractivity contribution in [3.05, 3.63) is 6.42 Å². The molecular weight excluding hydrogens is 90.1 g/mol. The summed E-state index contributed by atoms with van der Waals surface area (Å²) in [7, 11) is 0. The van der Waals surface area contributed by atoms with Crippen LogP contribution in [-0.2, 0) is 0 Å². The Morgan fingerprint density at radius 3 is 2.86 bits per heavy atom. The van der Waals surface area contributed by atoms with Gasteiger partial charge in [0.25, 0.3) is 0 Å². The van der Waals surface area contributed by atoms with Crippen LogP contribution in [0.5, 0.6) is 0 Å². The number of piperidine rings is 1. The van der Waals surface area contributed by atoms with Gasteiger partial charge in [-0.1, -0.05) is 0 Å². The van der Waals surface area contributed by atoms with Crippen LogP contribution in [0.4, 0.5) is 0 Å². The molecule has 1 aliphatic rings. The van der Waals surface area contributed by atoms with E-state index < -0.39 is 0 Å². The van der Waals surface area contributed by atoms with Gasteiger partial charge < -0.3 is 5.11 Å². The third-order valence-corrected chi connectivity index (χ3v) is 1.12. The molecule has 0 bridgehead atoms. The van der Waals surface area contributed by atoms with E-state index in [1.807, 2.05) is 6.42 Å². The molecule has 0 saturated carbocycles. The third kappa shape index (κ3) is 1.45. The van der Waals surface area contributed by atoms with Crippen molar-refractivity contribution in [3.63, 3.8) is 0 Å². The van der Waals surface area contributed by atoms with E-state index in [-0.39, 0.29) is 6.23 Å². The predicted octanol–water partition coefficient (Wildman–Crippen LogP) is -0.108. The lowest BCUT2D eigenvalue weighted by atomic mass is 10.1. The summed E-state index contributed by atoms with van der Waals surface area (Å²) in [5, 5.41) is 11.6. The smallest absolute Gasteiger partial charge is 0.108 e. The van der Waals surface area contributed by atoms with Crippen molar-refractivity contribution in [1.29, 1.82) is 0 Å². The second kappa shape index (κ2) is 2.28. The minimum Gasteiger partial charge on any atom is -0.378 e. The average Bonchev–Trinajstić information content (AvgIpc) is 1.69. The Balaban J connectivity index is 2.12. The Bertz CT molecular complexity index is 50.0. The zero-order chi connectivity index (χ0) is 5.11. The minimum absolute atomic E-state index is 0.339. The molecule has 41 valence electrons. The van der Waals surface area contributed by atoms with E-state index >= 15 is 0 Å². The van der Waals surface area contributed by atoms with Crippen molar-refractivity contribution in [2.75, 3.05) is 6.54 Å². The molecule has 1 saturated heterocycles. The van der Waals surface area contributed by atoms with Crippen LogP contribution in [0.2, 0.25) is 0 Å². The first kappa shape index (κ1) is 5.06. The lowest BCUT2D eigenvalue weighted by Gasteiger charge is -2.16. The zero-order valence-corrected chi connectivity index (χ0v) is 4.22. The lowest BCUT2D eigenvalue weighted by molar-refractivity contribution is 0.151. The van der Waals surface area contributed by atoms with E-state index in [0.717, 1.165) is 19.4 Å². The summed E-state index contributed by atoms with van der Waals surface area (Å²) < 4.78 is 0. The number of hydrogen-bond donors (Lipinski definition) is 2. The van der Waals surface area contributed by atoms with Gasteiger partial charge in [-0.15, -0.1) is 0 Å². The molecule has 1 aliphatic heterocycles. The maximum atomic E-state index is 8.74. The van der Waals surface area contributed by atoms with Gasteiger partial charge in [-0.05, 0) is 19.4 Å². The fourth-order valence-corrected chi connectivity index (χ4v) is 0.711. The Labute approximate surface area is 43.5 Å². The van der Waals surface area contributed by atoms with E-state index in [1.165, 1.54) is 0 Å². The Morgan fingerprint density at radius 2 is 2.57 bits per heavy atom. The molecule has 1 fully saturated rings. The van der Waals surface area contributed by atoms with Crippen LogP contribution in [0.25, 0.3) is 0 Å². The van der Waals surface area contributed by atoms with Gasteiger partial charge in [0.05, 0.1) is 0 Å². The van der Waals surface area contributed by atoms with Gasteiger partial charge in [0.1, 0.15) is 6.23 Å². The Hall–Kier alpha value is -0.0800. The summed E-state index contributed by atoms with van der Waals surface area (Å²) in [4.78, 5) is 0. The van der Waals surface area contributed by atoms with Crippen LogP contribution < -0.4 is 5.32 Å². The number of nitrogens with one attached hydrogen (secondary N) is 1. The maximum Gasteiger partial charge on any atom is 0.108 e. The van der Waals surface area contributed by atoms with Crippen LogP contribution in [-0.4, -0.2) is 17.9 Å². The maximum absolute atomic E-state index is 8.74. The van der Waals surface area contributed by atoms with Gasteiger partial charge in [-0.3, -0.25) is 5.32 Å². The fourth-order valence-electron chi connectivity index (χ4n) is 0.711. The molecule has 1 radical (unpaired) electrons. The minimum atomic E-state index is -0.339. The molecule has 2 nitrogen and oxygen atoms in total. The largest absolute Gasteiger partial charge is 0.378 e. The standard InChI is InChI=1S/C5H10NO/c7-5-3-1-2-4-6-5/h3,5-7H,1-2,4H2. The normalized spacial score (nSPS) is 33.0. The van der Waals surface area contributed by atoms with Crippen molar-refractivity contribution in [2.45, 2.75) is 19.1 Å². The Morgan fingerprint density at radius 1 is 1.71 bits per heavy atom. The predicted molar refractivity (Wildman–Crippen MR) is 27.5 cm³/mol. The monoisotopic (exact) mass is 100 g/mol. The molecule has 0 aliphatic carbocycles. The second-order valence-corrected chi connectivity index (χ2v) is 1.78.